The van der Waals surface area contributed by atoms with Gasteiger partial charge in [0.15, 0.2) is 6.61 Å². The Morgan fingerprint density at radius 3 is 2.41 bits per heavy atom. The first-order valence-corrected chi connectivity index (χ1v) is 12.9. The predicted molar refractivity (Wildman–Crippen MR) is 131 cm³/mol. The molecule has 1 aliphatic heterocycles. The quantitative estimate of drug-likeness (QED) is 0.572. The van der Waals surface area contributed by atoms with E-state index in [1.54, 1.807) is 6.07 Å². The summed E-state index contributed by atoms with van der Waals surface area (Å²) in [6, 6.07) is 10.5. The fourth-order valence-electron chi connectivity index (χ4n) is 3.52. The molecule has 0 bridgehead atoms. The third-order valence-electron chi connectivity index (χ3n) is 5.43. The van der Waals surface area contributed by atoms with Gasteiger partial charge in [-0.25, -0.2) is 8.42 Å². The van der Waals surface area contributed by atoms with Crippen molar-refractivity contribution < 1.29 is 27.4 Å². The molecule has 1 amide bonds. The summed E-state index contributed by atoms with van der Waals surface area (Å²) in [7, 11) is -3.72. The maximum Gasteiger partial charge on any atom is 0.262 e. The van der Waals surface area contributed by atoms with Gasteiger partial charge in [0.25, 0.3) is 5.91 Å². The molecular weight excluding hydrogens is 456 g/mol. The van der Waals surface area contributed by atoms with E-state index in [1.807, 2.05) is 39.0 Å². The minimum atomic E-state index is -3.72. The molecule has 0 unspecified atom stereocenters. The van der Waals surface area contributed by atoms with E-state index in [2.05, 4.69) is 19.2 Å². The van der Waals surface area contributed by atoms with Crippen molar-refractivity contribution in [3.05, 3.63) is 47.5 Å². The third kappa shape index (κ3) is 6.49. The van der Waals surface area contributed by atoms with Crippen molar-refractivity contribution in [2.75, 3.05) is 38.2 Å². The molecule has 0 aromatic heterocycles. The number of ether oxygens (including phenoxy) is 3. The van der Waals surface area contributed by atoms with Crippen molar-refractivity contribution in [1.29, 1.82) is 0 Å². The largest absolute Gasteiger partial charge is 0.489 e. The average Bonchev–Trinajstić information content (AvgIpc) is 2.79. The molecule has 2 aromatic rings. The summed E-state index contributed by atoms with van der Waals surface area (Å²) >= 11 is 0. The van der Waals surface area contributed by atoms with Gasteiger partial charge >= 0.3 is 0 Å². The zero-order chi connectivity index (χ0) is 24.9. The van der Waals surface area contributed by atoms with Crippen LogP contribution < -0.4 is 14.8 Å². The average molecular weight is 491 g/mol. The third-order valence-corrected chi connectivity index (χ3v) is 7.33. The number of nitrogens with zero attached hydrogens (tertiary/aromatic N) is 1. The number of carbonyl (C=O) groups excluding carboxylic acids is 1. The van der Waals surface area contributed by atoms with Crippen molar-refractivity contribution in [3.63, 3.8) is 0 Å². The van der Waals surface area contributed by atoms with Gasteiger partial charge in [-0.05, 0) is 62.1 Å². The minimum absolute atomic E-state index is 0.0854. The number of amides is 1. The van der Waals surface area contributed by atoms with E-state index in [4.69, 9.17) is 14.2 Å². The molecule has 0 atom stereocenters. The lowest BCUT2D eigenvalue weighted by molar-refractivity contribution is -0.118. The van der Waals surface area contributed by atoms with Crippen molar-refractivity contribution in [2.45, 2.75) is 51.5 Å². The van der Waals surface area contributed by atoms with E-state index in [0.29, 0.717) is 30.6 Å². The van der Waals surface area contributed by atoms with Gasteiger partial charge in [-0.15, -0.1) is 0 Å². The molecule has 186 valence electrons. The van der Waals surface area contributed by atoms with Crippen molar-refractivity contribution >= 4 is 21.6 Å². The Morgan fingerprint density at radius 1 is 1.06 bits per heavy atom. The number of anilines is 1. The van der Waals surface area contributed by atoms with E-state index in [-0.39, 0.29) is 36.4 Å². The molecule has 9 heteroatoms. The van der Waals surface area contributed by atoms with Crippen LogP contribution in [0, 0.1) is 6.92 Å². The molecule has 3 rings (SSSR count). The summed E-state index contributed by atoms with van der Waals surface area (Å²) in [5, 5.41) is 2.76. The van der Waals surface area contributed by atoms with Crippen LogP contribution in [0.5, 0.6) is 11.5 Å². The van der Waals surface area contributed by atoms with E-state index in [0.717, 1.165) is 11.1 Å². The summed E-state index contributed by atoms with van der Waals surface area (Å²) in [5.41, 5.74) is 2.33. The SMILES string of the molecule is Cc1ccc(C(C)C)cc1OCC(=O)Nc1cc(S(=O)(=O)N2CCOCC2)ccc1OC(C)C. The Labute approximate surface area is 202 Å². The molecule has 0 spiro atoms. The number of hydrogen-bond acceptors (Lipinski definition) is 6. The number of rotatable bonds is 9. The maximum atomic E-state index is 13.1. The smallest absolute Gasteiger partial charge is 0.262 e. The monoisotopic (exact) mass is 490 g/mol. The molecule has 1 heterocycles. The highest BCUT2D eigenvalue weighted by Gasteiger charge is 2.27. The highest BCUT2D eigenvalue weighted by Crippen LogP contribution is 2.30. The number of carbonyl (C=O) groups is 1. The first-order valence-electron chi connectivity index (χ1n) is 11.5. The van der Waals surface area contributed by atoms with Crippen LogP contribution in [0.2, 0.25) is 0 Å². The van der Waals surface area contributed by atoms with Crippen LogP contribution in [-0.4, -0.2) is 57.6 Å². The first-order chi connectivity index (χ1) is 16.1. The zero-order valence-corrected chi connectivity index (χ0v) is 21.3. The molecule has 1 fully saturated rings. The molecule has 2 aromatic carbocycles. The fourth-order valence-corrected chi connectivity index (χ4v) is 4.96. The highest BCUT2D eigenvalue weighted by molar-refractivity contribution is 7.89. The lowest BCUT2D eigenvalue weighted by Crippen LogP contribution is -2.40. The van der Waals surface area contributed by atoms with Gasteiger partial charge in [-0.1, -0.05) is 26.0 Å². The van der Waals surface area contributed by atoms with Crippen LogP contribution in [0.4, 0.5) is 5.69 Å². The Bertz CT molecular complexity index is 1110. The van der Waals surface area contributed by atoms with E-state index in [1.165, 1.54) is 16.4 Å². The topological polar surface area (TPSA) is 94.2 Å². The molecule has 34 heavy (non-hydrogen) atoms. The van der Waals surface area contributed by atoms with Crippen LogP contribution in [0.15, 0.2) is 41.3 Å². The van der Waals surface area contributed by atoms with Crippen LogP contribution in [0.1, 0.15) is 44.7 Å². The molecule has 0 saturated carbocycles. The van der Waals surface area contributed by atoms with Crippen LogP contribution in [0.25, 0.3) is 0 Å². The molecular formula is C25H34N2O6S. The van der Waals surface area contributed by atoms with E-state index >= 15 is 0 Å². The normalized spacial score (nSPS) is 14.9. The van der Waals surface area contributed by atoms with Gasteiger partial charge in [-0.2, -0.15) is 4.31 Å². The van der Waals surface area contributed by atoms with Gasteiger partial charge in [0, 0.05) is 13.1 Å². The number of morpholine rings is 1. The number of benzene rings is 2. The van der Waals surface area contributed by atoms with Gasteiger partial charge in [0.1, 0.15) is 11.5 Å². The molecule has 8 nitrogen and oxygen atoms in total. The second-order valence-electron chi connectivity index (χ2n) is 8.86. The second kappa shape index (κ2) is 11.2. The molecule has 0 radical (unpaired) electrons. The van der Waals surface area contributed by atoms with Crippen molar-refractivity contribution in [3.8, 4) is 11.5 Å². The summed E-state index contributed by atoms with van der Waals surface area (Å²) in [4.78, 5) is 12.8. The Kier molecular flexibility index (Phi) is 8.57. The van der Waals surface area contributed by atoms with Crippen LogP contribution >= 0.6 is 0 Å². The van der Waals surface area contributed by atoms with Crippen molar-refractivity contribution in [2.24, 2.45) is 0 Å². The van der Waals surface area contributed by atoms with E-state index in [9.17, 15) is 13.2 Å². The summed E-state index contributed by atoms with van der Waals surface area (Å²) in [6.45, 7) is 10.9. The van der Waals surface area contributed by atoms with Gasteiger partial charge in [0.2, 0.25) is 10.0 Å². The summed E-state index contributed by atoms with van der Waals surface area (Å²) in [6.07, 6.45) is -0.157. The number of aryl methyl sites for hydroxylation is 1. The Hall–Kier alpha value is -2.62. The van der Waals surface area contributed by atoms with Crippen LogP contribution in [-0.2, 0) is 19.6 Å². The number of hydrogen-bond donors (Lipinski definition) is 1. The number of nitrogens with one attached hydrogen (secondary N) is 1. The molecule has 1 saturated heterocycles. The summed E-state index contributed by atoms with van der Waals surface area (Å²) < 4.78 is 44.4. The lowest BCUT2D eigenvalue weighted by atomic mass is 10.0. The van der Waals surface area contributed by atoms with E-state index < -0.39 is 15.9 Å². The number of sulfonamides is 1. The summed E-state index contributed by atoms with van der Waals surface area (Å²) in [5.74, 6) is 0.957. The van der Waals surface area contributed by atoms with Gasteiger partial charge in [-0.3, -0.25) is 4.79 Å². The Morgan fingerprint density at radius 2 is 1.76 bits per heavy atom. The van der Waals surface area contributed by atoms with Gasteiger partial charge < -0.3 is 19.5 Å². The first kappa shape index (κ1) is 26.0. The highest BCUT2D eigenvalue weighted by atomic mass is 32.2. The molecule has 0 aliphatic carbocycles. The molecule has 1 aliphatic rings. The molecule has 1 N–H and O–H groups in total. The lowest BCUT2D eigenvalue weighted by Gasteiger charge is -2.26. The standard InChI is InChI=1S/C25H34N2O6S/c1-17(2)20-7-6-19(5)24(14-20)32-16-25(28)26-22-15-21(8-9-23(22)33-18(3)4)34(29,30)27-10-12-31-13-11-27/h6-9,14-15,17-18H,10-13,16H2,1-5H3,(H,26,28). The maximum absolute atomic E-state index is 13.1. The second-order valence-corrected chi connectivity index (χ2v) is 10.8. The predicted octanol–water partition coefficient (Wildman–Crippen LogP) is 3.94. The minimum Gasteiger partial charge on any atom is -0.489 e. The zero-order valence-electron chi connectivity index (χ0n) is 20.5. The fraction of sp³-hybridized carbons (Fsp3) is 0.480. The Balaban J connectivity index is 1.79. The van der Waals surface area contributed by atoms with Crippen LogP contribution in [0.3, 0.4) is 0 Å². The van der Waals surface area contributed by atoms with Crippen molar-refractivity contribution in [1.82, 2.24) is 4.31 Å². The van der Waals surface area contributed by atoms with Gasteiger partial charge in [0.05, 0.1) is 29.9 Å².